The van der Waals surface area contributed by atoms with Crippen molar-refractivity contribution in [3.63, 3.8) is 0 Å². The summed E-state index contributed by atoms with van der Waals surface area (Å²) in [6.45, 7) is 2.29. The first-order valence-electron chi connectivity index (χ1n) is 21.6. The second-order valence-corrected chi connectivity index (χ2v) is 15.8. The van der Waals surface area contributed by atoms with E-state index in [-0.39, 0.29) is 19.4 Å². The van der Waals surface area contributed by atoms with Crippen LogP contribution in [0, 0.1) is 0 Å². The molecule has 55 heavy (non-hydrogen) atoms. The molecular formula is C44H79O10P. The quantitative estimate of drug-likeness (QED) is 0.0237. The van der Waals surface area contributed by atoms with Crippen LogP contribution in [0.4, 0.5) is 0 Å². The number of phosphoric ester groups is 1. The summed E-state index contributed by atoms with van der Waals surface area (Å²) in [5.41, 5.74) is 0. The number of allylic oxidation sites excluding steroid dienone is 8. The van der Waals surface area contributed by atoms with Crippen LogP contribution in [0.15, 0.2) is 48.6 Å². The number of ether oxygens (including phenoxy) is 2. The standard InChI is InChI=1S/C44H79O10P/c1-3-5-7-9-11-13-15-17-19-20-22-23-25-27-29-31-33-35-43(47)51-39-42(40-53-55(49,50)52-38-41(46)37-45)54-44(48)36-34-32-30-28-26-24-21-18-16-14-12-10-8-6-4-2/h12,14,18,21-23,27,29,41-42,45-46H,3-11,13,15-17,19-20,24-26,28,30-40H2,1-2H3,(H,49,50)/b14-12+,21-18+,23-22+,29-27+/t41-,42+/m0/s1. The first kappa shape index (κ1) is 52.9. The smallest absolute Gasteiger partial charge is 0.462 e. The summed E-state index contributed by atoms with van der Waals surface area (Å²) in [7, 11) is -4.63. The molecular weight excluding hydrogens is 719 g/mol. The molecule has 1 unspecified atom stereocenters. The van der Waals surface area contributed by atoms with Crippen LogP contribution in [-0.4, -0.2) is 65.7 Å². The van der Waals surface area contributed by atoms with Crippen LogP contribution in [0.25, 0.3) is 0 Å². The van der Waals surface area contributed by atoms with Gasteiger partial charge >= 0.3 is 19.8 Å². The van der Waals surface area contributed by atoms with Gasteiger partial charge in [-0.05, 0) is 70.6 Å². The zero-order chi connectivity index (χ0) is 40.5. The van der Waals surface area contributed by atoms with E-state index in [1.54, 1.807) is 0 Å². The predicted octanol–water partition coefficient (Wildman–Crippen LogP) is 11.3. The number of hydrogen-bond donors (Lipinski definition) is 3. The van der Waals surface area contributed by atoms with Gasteiger partial charge in [0.15, 0.2) is 6.10 Å². The number of phosphoric acid groups is 1. The molecule has 0 fully saturated rings. The lowest BCUT2D eigenvalue weighted by atomic mass is 10.1. The zero-order valence-electron chi connectivity index (χ0n) is 34.6. The first-order valence-corrected chi connectivity index (χ1v) is 23.1. The summed E-state index contributed by atoms with van der Waals surface area (Å²) in [5.74, 6) is -0.995. The van der Waals surface area contributed by atoms with Crippen LogP contribution in [0.5, 0.6) is 0 Å². The van der Waals surface area contributed by atoms with Crippen molar-refractivity contribution in [2.75, 3.05) is 26.4 Å². The fourth-order valence-electron chi connectivity index (χ4n) is 5.59. The van der Waals surface area contributed by atoms with Crippen LogP contribution in [-0.2, 0) is 32.7 Å². The molecule has 3 N–H and O–H groups in total. The molecule has 10 nitrogen and oxygen atoms in total. The van der Waals surface area contributed by atoms with Gasteiger partial charge in [-0.1, -0.05) is 146 Å². The summed E-state index contributed by atoms with van der Waals surface area (Å²) < 4.78 is 32.6. The van der Waals surface area contributed by atoms with Crippen molar-refractivity contribution < 1.29 is 47.8 Å². The second kappa shape index (κ2) is 40.1. The molecule has 0 spiro atoms. The summed E-state index contributed by atoms with van der Waals surface area (Å²) in [5, 5.41) is 18.3. The first-order chi connectivity index (χ1) is 26.7. The molecule has 0 saturated carbocycles. The molecule has 0 aromatic heterocycles. The average molecular weight is 799 g/mol. The molecule has 0 bridgehead atoms. The van der Waals surface area contributed by atoms with Crippen molar-refractivity contribution in [1.29, 1.82) is 0 Å². The Kier molecular flexibility index (Phi) is 38.6. The Balaban J connectivity index is 4.39. The van der Waals surface area contributed by atoms with Gasteiger partial charge in [0.1, 0.15) is 12.7 Å². The van der Waals surface area contributed by atoms with Gasteiger partial charge in [0.2, 0.25) is 0 Å². The van der Waals surface area contributed by atoms with Crippen molar-refractivity contribution in [2.45, 2.75) is 193 Å². The van der Waals surface area contributed by atoms with Crippen molar-refractivity contribution in [1.82, 2.24) is 0 Å². The number of aliphatic hydroxyl groups excluding tert-OH is 2. The van der Waals surface area contributed by atoms with Crippen molar-refractivity contribution >= 4 is 19.8 Å². The number of esters is 2. The van der Waals surface area contributed by atoms with Gasteiger partial charge in [-0.2, -0.15) is 0 Å². The van der Waals surface area contributed by atoms with Crippen molar-refractivity contribution in [3.05, 3.63) is 48.6 Å². The Bertz CT molecular complexity index is 1060. The van der Waals surface area contributed by atoms with E-state index in [4.69, 9.17) is 19.1 Å². The minimum Gasteiger partial charge on any atom is -0.462 e. The Morgan fingerprint density at radius 1 is 0.545 bits per heavy atom. The van der Waals surface area contributed by atoms with E-state index < -0.39 is 51.8 Å². The van der Waals surface area contributed by atoms with Crippen molar-refractivity contribution in [2.24, 2.45) is 0 Å². The van der Waals surface area contributed by atoms with E-state index in [9.17, 15) is 24.2 Å². The van der Waals surface area contributed by atoms with Crippen LogP contribution in [0.3, 0.4) is 0 Å². The molecule has 0 aromatic rings. The summed E-state index contributed by atoms with van der Waals surface area (Å²) >= 11 is 0. The third-order valence-corrected chi connectivity index (χ3v) is 9.91. The second-order valence-electron chi connectivity index (χ2n) is 14.4. The minimum absolute atomic E-state index is 0.158. The molecule has 0 aromatic carbocycles. The Hall–Kier alpha value is -2.07. The Morgan fingerprint density at radius 3 is 1.49 bits per heavy atom. The SMILES string of the molecule is CCCCC/C=C/C/C=C/CCCCCCCC(=O)O[C@H](COC(=O)CCC/C=C/C/C=C/CCCCCCCCCCC)COP(=O)(O)OC[C@@H](O)CO. The monoisotopic (exact) mass is 799 g/mol. The molecule has 0 radical (unpaired) electrons. The van der Waals surface area contributed by atoms with Gasteiger partial charge in [0.25, 0.3) is 0 Å². The fourth-order valence-corrected chi connectivity index (χ4v) is 6.38. The fraction of sp³-hybridized carbons (Fsp3) is 0.773. The normalized spacial score (nSPS) is 14.3. The number of aliphatic hydroxyl groups is 2. The van der Waals surface area contributed by atoms with Gasteiger partial charge in [0.05, 0.1) is 19.8 Å². The minimum atomic E-state index is -4.63. The summed E-state index contributed by atoms with van der Waals surface area (Å²) in [4.78, 5) is 34.9. The maximum atomic E-state index is 12.6. The number of hydrogen-bond acceptors (Lipinski definition) is 9. The molecule has 3 atom stereocenters. The average Bonchev–Trinajstić information content (AvgIpc) is 3.17. The molecule has 11 heteroatoms. The van der Waals surface area contributed by atoms with E-state index in [1.807, 2.05) is 6.08 Å². The Labute approximate surface area is 334 Å². The lowest BCUT2D eigenvalue weighted by molar-refractivity contribution is -0.161. The number of rotatable bonds is 40. The largest absolute Gasteiger partial charge is 0.472 e. The number of carbonyl (C=O) groups is 2. The van der Waals surface area contributed by atoms with Crippen LogP contribution in [0.1, 0.15) is 181 Å². The highest BCUT2D eigenvalue weighted by Crippen LogP contribution is 2.43. The third kappa shape index (κ3) is 39.9. The highest BCUT2D eigenvalue weighted by Gasteiger charge is 2.27. The molecule has 0 aliphatic rings. The van der Waals surface area contributed by atoms with Crippen LogP contribution < -0.4 is 0 Å². The van der Waals surface area contributed by atoms with Gasteiger partial charge < -0.3 is 24.6 Å². The lowest BCUT2D eigenvalue weighted by Crippen LogP contribution is -2.29. The highest BCUT2D eigenvalue weighted by atomic mass is 31.2. The highest BCUT2D eigenvalue weighted by molar-refractivity contribution is 7.47. The van der Waals surface area contributed by atoms with E-state index >= 15 is 0 Å². The van der Waals surface area contributed by atoms with Gasteiger partial charge in [-0.25, -0.2) is 4.57 Å². The molecule has 0 heterocycles. The number of unbranched alkanes of at least 4 members (excludes halogenated alkanes) is 18. The molecule has 0 aliphatic heterocycles. The molecule has 0 rings (SSSR count). The molecule has 0 aliphatic carbocycles. The topological polar surface area (TPSA) is 149 Å². The predicted molar refractivity (Wildman–Crippen MR) is 224 cm³/mol. The van der Waals surface area contributed by atoms with Gasteiger partial charge in [-0.3, -0.25) is 18.6 Å². The van der Waals surface area contributed by atoms with Gasteiger partial charge in [-0.15, -0.1) is 0 Å². The van der Waals surface area contributed by atoms with E-state index in [2.05, 4.69) is 60.9 Å². The van der Waals surface area contributed by atoms with Gasteiger partial charge in [0, 0.05) is 12.8 Å². The maximum absolute atomic E-state index is 12.6. The van der Waals surface area contributed by atoms with E-state index in [0.717, 1.165) is 64.2 Å². The molecule has 0 saturated heterocycles. The van der Waals surface area contributed by atoms with Crippen molar-refractivity contribution in [3.8, 4) is 0 Å². The summed E-state index contributed by atoms with van der Waals surface area (Å²) in [6, 6.07) is 0. The number of carbonyl (C=O) groups excluding carboxylic acids is 2. The molecule has 320 valence electrons. The van der Waals surface area contributed by atoms with E-state index in [1.165, 1.54) is 77.0 Å². The third-order valence-electron chi connectivity index (χ3n) is 8.96. The molecule has 0 amide bonds. The lowest BCUT2D eigenvalue weighted by Gasteiger charge is -2.20. The maximum Gasteiger partial charge on any atom is 0.472 e. The van der Waals surface area contributed by atoms with E-state index in [0.29, 0.717) is 12.8 Å². The summed E-state index contributed by atoms with van der Waals surface area (Å²) in [6.07, 6.45) is 42.3. The Morgan fingerprint density at radius 2 is 0.964 bits per heavy atom. The van der Waals surface area contributed by atoms with Crippen LogP contribution in [0.2, 0.25) is 0 Å². The zero-order valence-corrected chi connectivity index (χ0v) is 35.5. The van der Waals surface area contributed by atoms with Crippen LogP contribution >= 0.6 is 7.82 Å².